The van der Waals surface area contributed by atoms with Gasteiger partial charge in [0.25, 0.3) is 0 Å². The van der Waals surface area contributed by atoms with Gasteiger partial charge in [0.1, 0.15) is 12.4 Å². The molecule has 3 amide bonds. The lowest BCUT2D eigenvalue weighted by Gasteiger charge is -2.23. The van der Waals surface area contributed by atoms with E-state index in [4.69, 9.17) is 16.7 Å². The number of halogens is 1. The van der Waals surface area contributed by atoms with Gasteiger partial charge in [0.15, 0.2) is 0 Å². The lowest BCUT2D eigenvalue weighted by atomic mass is 9.92. The highest BCUT2D eigenvalue weighted by molar-refractivity contribution is 6.32. The van der Waals surface area contributed by atoms with E-state index < -0.39 is 0 Å². The van der Waals surface area contributed by atoms with Crippen molar-refractivity contribution in [2.24, 2.45) is 0 Å². The fourth-order valence-electron chi connectivity index (χ4n) is 3.64. The van der Waals surface area contributed by atoms with Crippen molar-refractivity contribution in [3.8, 4) is 5.69 Å². The molecule has 0 fully saturated rings. The number of carbonyl (C=O) groups excluding carboxylic acids is 2. The van der Waals surface area contributed by atoms with Crippen LogP contribution in [0.1, 0.15) is 58.2 Å². The lowest BCUT2D eigenvalue weighted by Crippen LogP contribution is -2.41. The van der Waals surface area contributed by atoms with Crippen molar-refractivity contribution in [2.75, 3.05) is 23.7 Å². The number of benzene rings is 2. The van der Waals surface area contributed by atoms with Crippen LogP contribution in [0.15, 0.2) is 54.6 Å². The van der Waals surface area contributed by atoms with Gasteiger partial charge in [-0.3, -0.25) is 4.79 Å². The highest BCUT2D eigenvalue weighted by Crippen LogP contribution is 2.29. The van der Waals surface area contributed by atoms with Crippen molar-refractivity contribution in [3.63, 3.8) is 0 Å². The van der Waals surface area contributed by atoms with E-state index in [2.05, 4.69) is 38.3 Å². The summed E-state index contributed by atoms with van der Waals surface area (Å²) >= 11 is 6.44. The van der Waals surface area contributed by atoms with Gasteiger partial charge in [0.2, 0.25) is 5.91 Å². The van der Waals surface area contributed by atoms with Gasteiger partial charge in [0.05, 0.1) is 16.4 Å². The standard InChI is InChI=1S/C28H36ClN5O2/c1-6-7-10-17-33(27(36)30-21-15-13-20(2)14-16-21)19-26(35)31-25-18-24(28(3,4)5)32-34(25)23-12-9-8-11-22(23)29/h8-9,11-16,18H,6-7,10,17,19H2,1-5H3,(H,30,36)(H,31,35). The van der Waals surface area contributed by atoms with Crippen LogP contribution in [0, 0.1) is 6.92 Å². The number of aryl methyl sites for hydroxylation is 1. The summed E-state index contributed by atoms with van der Waals surface area (Å²) in [6.45, 7) is 10.7. The topological polar surface area (TPSA) is 79.3 Å². The van der Waals surface area contributed by atoms with Crippen LogP contribution in [0.5, 0.6) is 0 Å². The normalized spacial score (nSPS) is 11.3. The number of nitrogens with one attached hydrogen (secondary N) is 2. The largest absolute Gasteiger partial charge is 0.322 e. The molecule has 0 aliphatic carbocycles. The number of anilines is 2. The number of urea groups is 1. The van der Waals surface area contributed by atoms with Crippen molar-refractivity contribution in [1.82, 2.24) is 14.7 Å². The first-order chi connectivity index (χ1) is 17.1. The Bertz CT molecular complexity index is 1180. The summed E-state index contributed by atoms with van der Waals surface area (Å²) in [7, 11) is 0. The second-order valence-electron chi connectivity index (χ2n) is 10.0. The van der Waals surface area contributed by atoms with Crippen LogP contribution in [0.25, 0.3) is 5.69 Å². The average molecular weight is 510 g/mol. The number of carbonyl (C=O) groups is 2. The summed E-state index contributed by atoms with van der Waals surface area (Å²) in [5, 5.41) is 11.1. The number of amides is 3. The molecule has 0 saturated heterocycles. The molecule has 0 radical (unpaired) electrons. The Morgan fingerprint density at radius 3 is 2.36 bits per heavy atom. The van der Waals surface area contributed by atoms with E-state index in [1.165, 1.54) is 0 Å². The molecule has 2 aromatic carbocycles. The van der Waals surface area contributed by atoms with Crippen LogP contribution < -0.4 is 10.6 Å². The lowest BCUT2D eigenvalue weighted by molar-refractivity contribution is -0.116. The van der Waals surface area contributed by atoms with Gasteiger partial charge >= 0.3 is 6.03 Å². The smallest absolute Gasteiger partial charge is 0.315 e. The number of unbranched alkanes of at least 4 members (excludes halogenated alkanes) is 2. The highest BCUT2D eigenvalue weighted by Gasteiger charge is 2.23. The van der Waals surface area contributed by atoms with Crippen LogP contribution in [-0.4, -0.2) is 39.7 Å². The second-order valence-corrected chi connectivity index (χ2v) is 10.4. The van der Waals surface area contributed by atoms with Crippen molar-refractivity contribution in [2.45, 2.75) is 59.3 Å². The minimum Gasteiger partial charge on any atom is -0.315 e. The number of rotatable bonds is 9. The Balaban J connectivity index is 1.81. The number of nitrogens with zero attached hydrogens (tertiary/aromatic N) is 3. The van der Waals surface area contributed by atoms with E-state index in [-0.39, 0.29) is 23.9 Å². The first kappa shape index (κ1) is 27.3. The molecular formula is C28H36ClN5O2. The van der Waals surface area contributed by atoms with E-state index in [9.17, 15) is 9.59 Å². The van der Waals surface area contributed by atoms with Crippen molar-refractivity contribution < 1.29 is 9.59 Å². The summed E-state index contributed by atoms with van der Waals surface area (Å²) in [6.07, 6.45) is 2.81. The molecule has 1 aromatic heterocycles. The molecule has 36 heavy (non-hydrogen) atoms. The summed E-state index contributed by atoms with van der Waals surface area (Å²) in [6, 6.07) is 16.5. The zero-order valence-corrected chi connectivity index (χ0v) is 22.5. The third-order valence-corrected chi connectivity index (χ3v) is 6.10. The van der Waals surface area contributed by atoms with E-state index in [1.54, 1.807) is 15.6 Å². The van der Waals surface area contributed by atoms with Gasteiger partial charge in [-0.15, -0.1) is 0 Å². The summed E-state index contributed by atoms with van der Waals surface area (Å²) in [4.78, 5) is 27.8. The zero-order chi connectivity index (χ0) is 26.3. The third-order valence-electron chi connectivity index (χ3n) is 5.78. The molecule has 192 valence electrons. The Morgan fingerprint density at radius 2 is 1.72 bits per heavy atom. The summed E-state index contributed by atoms with van der Waals surface area (Å²) in [5.74, 6) is 0.199. The monoisotopic (exact) mass is 509 g/mol. The molecule has 0 saturated carbocycles. The van der Waals surface area contributed by atoms with Gasteiger partial charge < -0.3 is 15.5 Å². The van der Waals surface area contributed by atoms with Gasteiger partial charge in [-0.1, -0.05) is 82.0 Å². The van der Waals surface area contributed by atoms with E-state index >= 15 is 0 Å². The number of para-hydroxylation sites is 1. The molecule has 0 spiro atoms. The molecule has 1 heterocycles. The van der Waals surface area contributed by atoms with E-state index in [0.29, 0.717) is 28.8 Å². The molecule has 3 aromatic rings. The SMILES string of the molecule is CCCCCN(CC(=O)Nc1cc(C(C)(C)C)nn1-c1ccccc1Cl)C(=O)Nc1ccc(C)cc1. The van der Waals surface area contributed by atoms with E-state index in [1.807, 2.05) is 55.5 Å². The first-order valence-electron chi connectivity index (χ1n) is 12.4. The molecule has 0 aliphatic heterocycles. The van der Waals surface area contributed by atoms with Crippen LogP contribution in [0.4, 0.5) is 16.3 Å². The van der Waals surface area contributed by atoms with Crippen LogP contribution in [0.3, 0.4) is 0 Å². The van der Waals surface area contributed by atoms with Crippen LogP contribution in [0.2, 0.25) is 5.02 Å². The van der Waals surface area contributed by atoms with Crippen molar-refractivity contribution in [1.29, 1.82) is 0 Å². The number of hydrogen-bond donors (Lipinski definition) is 2. The molecule has 3 rings (SSSR count). The van der Waals surface area contributed by atoms with Gasteiger partial charge in [0, 0.05) is 23.7 Å². The molecule has 2 N–H and O–H groups in total. The predicted octanol–water partition coefficient (Wildman–Crippen LogP) is 6.79. The Hall–Kier alpha value is -3.32. The first-order valence-corrected chi connectivity index (χ1v) is 12.7. The molecule has 0 unspecified atom stereocenters. The van der Waals surface area contributed by atoms with Crippen LogP contribution in [-0.2, 0) is 10.2 Å². The van der Waals surface area contributed by atoms with Gasteiger partial charge in [-0.2, -0.15) is 5.10 Å². The summed E-state index contributed by atoms with van der Waals surface area (Å²) in [5.41, 5.74) is 3.05. The highest BCUT2D eigenvalue weighted by atomic mass is 35.5. The van der Waals surface area contributed by atoms with Gasteiger partial charge in [-0.05, 0) is 37.6 Å². The third kappa shape index (κ3) is 7.34. The average Bonchev–Trinajstić information content (AvgIpc) is 3.24. The molecule has 8 heteroatoms. The minimum absolute atomic E-state index is 0.0834. The number of aromatic nitrogens is 2. The minimum atomic E-state index is -0.306. The predicted molar refractivity (Wildman–Crippen MR) is 147 cm³/mol. The Labute approximate surface area is 218 Å². The molecule has 0 aliphatic rings. The Kier molecular flexibility index (Phi) is 9.15. The van der Waals surface area contributed by atoms with Crippen molar-refractivity contribution >= 4 is 35.0 Å². The fraction of sp³-hybridized carbons (Fsp3) is 0.393. The zero-order valence-electron chi connectivity index (χ0n) is 21.8. The van der Waals surface area contributed by atoms with Gasteiger partial charge in [-0.25, -0.2) is 9.48 Å². The maximum atomic E-state index is 13.2. The quantitative estimate of drug-likeness (QED) is 0.311. The fourth-order valence-corrected chi connectivity index (χ4v) is 3.86. The van der Waals surface area contributed by atoms with E-state index in [0.717, 1.165) is 30.5 Å². The number of hydrogen-bond acceptors (Lipinski definition) is 3. The maximum Gasteiger partial charge on any atom is 0.322 e. The second kappa shape index (κ2) is 12.1. The molecular weight excluding hydrogens is 474 g/mol. The van der Waals surface area contributed by atoms with Crippen molar-refractivity contribution in [3.05, 3.63) is 70.9 Å². The van der Waals surface area contributed by atoms with Crippen LogP contribution >= 0.6 is 11.6 Å². The maximum absolute atomic E-state index is 13.2. The Morgan fingerprint density at radius 1 is 1.03 bits per heavy atom. The molecule has 0 bridgehead atoms. The molecule has 0 atom stereocenters. The summed E-state index contributed by atoms with van der Waals surface area (Å²) < 4.78 is 1.65. The molecule has 7 nitrogen and oxygen atoms in total.